The van der Waals surface area contributed by atoms with Gasteiger partial charge in [-0.25, -0.2) is 4.79 Å². The van der Waals surface area contributed by atoms with Crippen molar-refractivity contribution < 1.29 is 14.7 Å². The van der Waals surface area contributed by atoms with Crippen molar-refractivity contribution in [3.8, 4) is 0 Å². The second kappa shape index (κ2) is 5.87. The SMILES string of the molecule is CCc1ccc(C(=O)NC(C(=O)O)C(C)(C)C)cc1. The van der Waals surface area contributed by atoms with Crippen LogP contribution in [0, 0.1) is 5.41 Å². The number of rotatable bonds is 4. The molecule has 0 aliphatic rings. The smallest absolute Gasteiger partial charge is 0.326 e. The maximum atomic E-state index is 12.0. The fourth-order valence-corrected chi connectivity index (χ4v) is 1.75. The first-order valence-corrected chi connectivity index (χ1v) is 6.38. The number of hydrogen-bond donors (Lipinski definition) is 2. The number of carboxylic acid groups (broad SMARTS) is 1. The lowest BCUT2D eigenvalue weighted by Gasteiger charge is -2.27. The highest BCUT2D eigenvalue weighted by atomic mass is 16.4. The van der Waals surface area contributed by atoms with Crippen LogP contribution in [-0.2, 0) is 11.2 Å². The molecule has 0 aliphatic heterocycles. The van der Waals surface area contributed by atoms with E-state index < -0.39 is 17.4 Å². The fraction of sp³-hybridized carbons (Fsp3) is 0.467. The van der Waals surface area contributed by atoms with Crippen LogP contribution in [0.2, 0.25) is 0 Å². The van der Waals surface area contributed by atoms with Gasteiger partial charge in [-0.1, -0.05) is 39.8 Å². The lowest BCUT2D eigenvalue weighted by atomic mass is 9.86. The number of benzene rings is 1. The van der Waals surface area contributed by atoms with Gasteiger partial charge < -0.3 is 10.4 Å². The number of nitrogens with one attached hydrogen (secondary N) is 1. The van der Waals surface area contributed by atoms with Gasteiger partial charge in [-0.2, -0.15) is 0 Å². The molecule has 4 heteroatoms. The van der Waals surface area contributed by atoms with E-state index in [1.54, 1.807) is 32.9 Å². The normalized spacial score (nSPS) is 12.8. The molecule has 1 unspecified atom stereocenters. The minimum Gasteiger partial charge on any atom is -0.480 e. The van der Waals surface area contributed by atoms with Crippen LogP contribution in [0.1, 0.15) is 43.6 Å². The molecule has 0 aliphatic carbocycles. The van der Waals surface area contributed by atoms with E-state index in [9.17, 15) is 14.7 Å². The highest BCUT2D eigenvalue weighted by Gasteiger charge is 2.32. The molecule has 0 saturated heterocycles. The van der Waals surface area contributed by atoms with Crippen LogP contribution in [0.3, 0.4) is 0 Å². The Kier molecular flexibility index (Phi) is 4.70. The standard InChI is InChI=1S/C15H21NO3/c1-5-10-6-8-11(9-7-10)13(17)16-12(14(18)19)15(2,3)4/h6-9,12H,5H2,1-4H3,(H,16,17)(H,18,19). The van der Waals surface area contributed by atoms with Crippen molar-refractivity contribution in [1.82, 2.24) is 5.32 Å². The summed E-state index contributed by atoms with van der Waals surface area (Å²) in [6, 6.07) is 6.28. The van der Waals surface area contributed by atoms with Crippen LogP contribution in [0.15, 0.2) is 24.3 Å². The molecule has 19 heavy (non-hydrogen) atoms. The second-order valence-electron chi connectivity index (χ2n) is 5.66. The molecule has 0 bridgehead atoms. The van der Waals surface area contributed by atoms with Gasteiger partial charge in [0.1, 0.15) is 6.04 Å². The maximum absolute atomic E-state index is 12.0. The molecule has 4 nitrogen and oxygen atoms in total. The molecule has 104 valence electrons. The fourth-order valence-electron chi connectivity index (χ4n) is 1.75. The number of aliphatic carboxylic acids is 1. The first-order valence-electron chi connectivity index (χ1n) is 6.38. The minimum atomic E-state index is -1.02. The van der Waals surface area contributed by atoms with E-state index in [4.69, 9.17) is 0 Å². The summed E-state index contributed by atoms with van der Waals surface area (Å²) in [6.07, 6.45) is 0.904. The number of amides is 1. The van der Waals surface area contributed by atoms with Gasteiger partial charge >= 0.3 is 5.97 Å². The predicted molar refractivity (Wildman–Crippen MR) is 74.2 cm³/mol. The summed E-state index contributed by atoms with van der Waals surface area (Å²) in [5.41, 5.74) is 1.08. The van der Waals surface area contributed by atoms with E-state index >= 15 is 0 Å². The molecule has 0 heterocycles. The molecule has 1 atom stereocenters. The average molecular weight is 263 g/mol. The highest BCUT2D eigenvalue weighted by Crippen LogP contribution is 2.20. The molecule has 1 amide bonds. The van der Waals surface area contributed by atoms with Crippen LogP contribution in [0.5, 0.6) is 0 Å². The molecule has 1 aromatic rings. The van der Waals surface area contributed by atoms with Crippen molar-refractivity contribution in [3.05, 3.63) is 35.4 Å². The third kappa shape index (κ3) is 4.09. The predicted octanol–water partition coefficient (Wildman–Crippen LogP) is 2.48. The van der Waals surface area contributed by atoms with E-state index in [2.05, 4.69) is 5.32 Å². The van der Waals surface area contributed by atoms with Crippen LogP contribution in [0.4, 0.5) is 0 Å². The van der Waals surface area contributed by atoms with Crippen molar-refractivity contribution in [1.29, 1.82) is 0 Å². The average Bonchev–Trinajstić information content (AvgIpc) is 2.34. The first-order chi connectivity index (χ1) is 8.75. The summed E-state index contributed by atoms with van der Waals surface area (Å²) >= 11 is 0. The number of carbonyl (C=O) groups is 2. The lowest BCUT2D eigenvalue weighted by Crippen LogP contribution is -2.49. The topological polar surface area (TPSA) is 66.4 Å². The van der Waals surface area contributed by atoms with Crippen molar-refractivity contribution in [2.45, 2.75) is 40.2 Å². The number of carbonyl (C=O) groups excluding carboxylic acids is 1. The van der Waals surface area contributed by atoms with Gasteiger partial charge in [0.15, 0.2) is 0 Å². The molecule has 1 rings (SSSR count). The summed E-state index contributed by atoms with van der Waals surface area (Å²) in [4.78, 5) is 23.2. The Bertz CT molecular complexity index is 457. The Balaban J connectivity index is 2.85. The summed E-state index contributed by atoms with van der Waals surface area (Å²) in [7, 11) is 0. The van der Waals surface area contributed by atoms with Crippen molar-refractivity contribution in [3.63, 3.8) is 0 Å². The van der Waals surface area contributed by atoms with E-state index in [0.717, 1.165) is 12.0 Å². The number of aryl methyl sites for hydroxylation is 1. The molecule has 0 fully saturated rings. The molecule has 2 N–H and O–H groups in total. The van der Waals surface area contributed by atoms with Crippen molar-refractivity contribution >= 4 is 11.9 Å². The lowest BCUT2D eigenvalue weighted by molar-refractivity contribution is -0.142. The Hall–Kier alpha value is -1.84. The van der Waals surface area contributed by atoms with E-state index in [1.165, 1.54) is 0 Å². The van der Waals surface area contributed by atoms with Gasteiger partial charge in [0.25, 0.3) is 5.91 Å². The quantitative estimate of drug-likeness (QED) is 0.877. The third-order valence-corrected chi connectivity index (χ3v) is 3.01. The summed E-state index contributed by atoms with van der Waals surface area (Å²) in [5, 5.41) is 11.7. The number of hydrogen-bond acceptors (Lipinski definition) is 2. The Morgan fingerprint density at radius 1 is 1.21 bits per heavy atom. The highest BCUT2D eigenvalue weighted by molar-refractivity contribution is 5.96. The first kappa shape index (κ1) is 15.2. The maximum Gasteiger partial charge on any atom is 0.326 e. The monoisotopic (exact) mass is 263 g/mol. The van der Waals surface area contributed by atoms with Gasteiger partial charge in [-0.15, -0.1) is 0 Å². The van der Waals surface area contributed by atoms with E-state index in [1.807, 2.05) is 19.1 Å². The summed E-state index contributed by atoms with van der Waals surface area (Å²) in [5.74, 6) is -1.38. The van der Waals surface area contributed by atoms with Gasteiger partial charge in [0.05, 0.1) is 0 Å². The molecular formula is C15H21NO3. The Morgan fingerprint density at radius 2 is 1.74 bits per heavy atom. The van der Waals surface area contributed by atoms with E-state index in [-0.39, 0.29) is 5.91 Å². The van der Waals surface area contributed by atoms with Crippen molar-refractivity contribution in [2.24, 2.45) is 5.41 Å². The Morgan fingerprint density at radius 3 is 2.11 bits per heavy atom. The second-order valence-corrected chi connectivity index (χ2v) is 5.66. The van der Waals surface area contributed by atoms with Crippen LogP contribution < -0.4 is 5.32 Å². The molecule has 0 spiro atoms. The Labute approximate surface area is 113 Å². The van der Waals surface area contributed by atoms with Crippen molar-refractivity contribution in [2.75, 3.05) is 0 Å². The summed E-state index contributed by atoms with van der Waals surface area (Å²) in [6.45, 7) is 7.39. The molecule has 0 saturated carbocycles. The van der Waals surface area contributed by atoms with Crippen LogP contribution in [-0.4, -0.2) is 23.0 Å². The molecule has 0 aromatic heterocycles. The van der Waals surface area contributed by atoms with Gasteiger partial charge in [0.2, 0.25) is 0 Å². The zero-order valence-electron chi connectivity index (χ0n) is 11.9. The zero-order chi connectivity index (χ0) is 14.6. The molecular weight excluding hydrogens is 242 g/mol. The third-order valence-electron chi connectivity index (χ3n) is 3.01. The van der Waals surface area contributed by atoms with E-state index in [0.29, 0.717) is 5.56 Å². The van der Waals surface area contributed by atoms with Crippen LogP contribution >= 0.6 is 0 Å². The largest absolute Gasteiger partial charge is 0.480 e. The number of carboxylic acids is 1. The van der Waals surface area contributed by atoms with Crippen LogP contribution in [0.25, 0.3) is 0 Å². The zero-order valence-corrected chi connectivity index (χ0v) is 11.9. The molecule has 0 radical (unpaired) electrons. The van der Waals surface area contributed by atoms with Gasteiger partial charge in [-0.3, -0.25) is 4.79 Å². The summed E-state index contributed by atoms with van der Waals surface area (Å²) < 4.78 is 0. The minimum absolute atomic E-state index is 0.357. The van der Waals surface area contributed by atoms with Gasteiger partial charge in [0, 0.05) is 5.56 Å². The molecule has 1 aromatic carbocycles. The van der Waals surface area contributed by atoms with Gasteiger partial charge in [-0.05, 0) is 29.5 Å².